The Morgan fingerprint density at radius 1 is 1.24 bits per heavy atom. The number of fused-ring (bicyclic) bond motifs is 1. The lowest BCUT2D eigenvalue weighted by Gasteiger charge is -2.01. The predicted molar refractivity (Wildman–Crippen MR) is 73.2 cm³/mol. The standard InChI is InChI=1S/C13H13N3S/c1-8-4-3-5-9-12(8)16(2)13(15-9)10-6-7-11(14)17-10/h3-7H,14H2,1-2H3. The average Bonchev–Trinajstić information content (AvgIpc) is 2.84. The SMILES string of the molecule is Cc1cccc2nc(-c3ccc(N)s3)n(C)c12. The minimum atomic E-state index is 0.823. The van der Waals surface area contributed by atoms with Gasteiger partial charge in [-0.15, -0.1) is 11.3 Å². The molecule has 0 saturated carbocycles. The molecule has 3 nitrogen and oxygen atoms in total. The third-order valence-electron chi connectivity index (χ3n) is 2.94. The average molecular weight is 243 g/mol. The van der Waals surface area contributed by atoms with Crippen molar-refractivity contribution in [3.05, 3.63) is 35.9 Å². The number of nitrogen functional groups attached to an aromatic ring is 1. The fraction of sp³-hybridized carbons (Fsp3) is 0.154. The number of hydrogen-bond acceptors (Lipinski definition) is 3. The summed E-state index contributed by atoms with van der Waals surface area (Å²) in [5.74, 6) is 0.982. The molecule has 0 saturated heterocycles. The Balaban J connectivity index is 2.32. The lowest BCUT2D eigenvalue weighted by atomic mass is 10.2. The Bertz CT molecular complexity index is 694. The van der Waals surface area contributed by atoms with Gasteiger partial charge in [0.1, 0.15) is 0 Å². The van der Waals surface area contributed by atoms with Gasteiger partial charge in [-0.1, -0.05) is 12.1 Å². The fourth-order valence-electron chi connectivity index (χ4n) is 2.16. The quantitative estimate of drug-likeness (QED) is 0.713. The lowest BCUT2D eigenvalue weighted by molar-refractivity contribution is 0.959. The highest BCUT2D eigenvalue weighted by Crippen LogP contribution is 2.31. The number of thiophene rings is 1. The molecule has 0 aliphatic rings. The zero-order chi connectivity index (χ0) is 12.0. The lowest BCUT2D eigenvalue weighted by Crippen LogP contribution is -1.91. The van der Waals surface area contributed by atoms with Crippen LogP contribution in [0.4, 0.5) is 5.00 Å². The normalized spacial score (nSPS) is 11.2. The van der Waals surface area contributed by atoms with Crippen molar-refractivity contribution in [3.8, 4) is 10.7 Å². The van der Waals surface area contributed by atoms with Crippen LogP contribution in [0, 0.1) is 6.92 Å². The van der Waals surface area contributed by atoms with Crippen LogP contribution in [0.15, 0.2) is 30.3 Å². The molecule has 4 heteroatoms. The van der Waals surface area contributed by atoms with Crippen molar-refractivity contribution in [2.45, 2.75) is 6.92 Å². The van der Waals surface area contributed by atoms with E-state index in [2.05, 4.69) is 22.5 Å². The molecule has 0 fully saturated rings. The van der Waals surface area contributed by atoms with Crippen LogP contribution in [-0.4, -0.2) is 9.55 Å². The number of aromatic nitrogens is 2. The summed E-state index contributed by atoms with van der Waals surface area (Å²) in [6.07, 6.45) is 0. The number of nitrogens with two attached hydrogens (primary N) is 1. The van der Waals surface area contributed by atoms with Gasteiger partial charge in [0.05, 0.1) is 20.9 Å². The van der Waals surface area contributed by atoms with E-state index in [9.17, 15) is 0 Å². The van der Waals surface area contributed by atoms with Gasteiger partial charge in [-0.25, -0.2) is 4.98 Å². The van der Waals surface area contributed by atoms with E-state index in [1.54, 1.807) is 11.3 Å². The van der Waals surface area contributed by atoms with Crippen LogP contribution >= 0.6 is 11.3 Å². The maximum atomic E-state index is 5.77. The van der Waals surface area contributed by atoms with Gasteiger partial charge in [-0.05, 0) is 30.7 Å². The molecule has 3 rings (SSSR count). The molecule has 0 bridgehead atoms. The summed E-state index contributed by atoms with van der Waals surface area (Å²) in [7, 11) is 2.05. The molecule has 0 aliphatic heterocycles. The maximum absolute atomic E-state index is 5.77. The van der Waals surface area contributed by atoms with Crippen LogP contribution in [0.25, 0.3) is 21.7 Å². The number of imidazole rings is 1. The monoisotopic (exact) mass is 243 g/mol. The number of rotatable bonds is 1. The Morgan fingerprint density at radius 2 is 2.06 bits per heavy atom. The molecule has 2 heterocycles. The van der Waals surface area contributed by atoms with Crippen molar-refractivity contribution in [1.82, 2.24) is 9.55 Å². The first kappa shape index (κ1) is 10.4. The van der Waals surface area contributed by atoms with Crippen LogP contribution in [0.5, 0.6) is 0 Å². The summed E-state index contributed by atoms with van der Waals surface area (Å²) in [5.41, 5.74) is 9.24. The van der Waals surface area contributed by atoms with E-state index in [4.69, 9.17) is 5.73 Å². The number of anilines is 1. The molecule has 0 atom stereocenters. The first-order chi connectivity index (χ1) is 8.16. The van der Waals surface area contributed by atoms with Gasteiger partial charge in [0.25, 0.3) is 0 Å². The van der Waals surface area contributed by atoms with Crippen LogP contribution in [-0.2, 0) is 7.05 Å². The van der Waals surface area contributed by atoms with E-state index in [-0.39, 0.29) is 0 Å². The molecule has 2 aromatic heterocycles. The molecule has 86 valence electrons. The van der Waals surface area contributed by atoms with Gasteiger partial charge < -0.3 is 10.3 Å². The van der Waals surface area contributed by atoms with Gasteiger partial charge in [0.15, 0.2) is 5.82 Å². The molecule has 0 radical (unpaired) electrons. The summed E-state index contributed by atoms with van der Waals surface area (Å²) in [4.78, 5) is 5.79. The molecule has 0 amide bonds. The number of aryl methyl sites for hydroxylation is 2. The van der Waals surface area contributed by atoms with E-state index < -0.39 is 0 Å². The molecule has 0 aliphatic carbocycles. The van der Waals surface area contributed by atoms with Gasteiger partial charge in [-0.3, -0.25) is 0 Å². The van der Waals surface area contributed by atoms with Crippen molar-refractivity contribution in [3.63, 3.8) is 0 Å². The van der Waals surface area contributed by atoms with E-state index >= 15 is 0 Å². The van der Waals surface area contributed by atoms with E-state index in [0.29, 0.717) is 0 Å². The predicted octanol–water partition coefficient (Wildman–Crippen LogP) is 3.19. The summed E-state index contributed by atoms with van der Waals surface area (Å²) < 4.78 is 2.13. The highest BCUT2D eigenvalue weighted by atomic mass is 32.1. The van der Waals surface area contributed by atoms with Crippen molar-refractivity contribution in [2.75, 3.05) is 5.73 Å². The summed E-state index contributed by atoms with van der Waals surface area (Å²) in [6.45, 7) is 2.11. The summed E-state index contributed by atoms with van der Waals surface area (Å²) >= 11 is 1.57. The number of hydrogen-bond donors (Lipinski definition) is 1. The summed E-state index contributed by atoms with van der Waals surface area (Å²) in [6, 6.07) is 10.1. The molecular formula is C13H13N3S. The highest BCUT2D eigenvalue weighted by molar-refractivity contribution is 7.19. The molecule has 0 spiro atoms. The Kier molecular flexibility index (Phi) is 2.19. The van der Waals surface area contributed by atoms with Gasteiger partial charge in [0, 0.05) is 7.05 Å². The number of benzene rings is 1. The van der Waals surface area contributed by atoms with Crippen LogP contribution in [0.2, 0.25) is 0 Å². The van der Waals surface area contributed by atoms with Crippen LogP contribution in [0.1, 0.15) is 5.56 Å². The zero-order valence-electron chi connectivity index (χ0n) is 9.77. The van der Waals surface area contributed by atoms with Crippen LogP contribution < -0.4 is 5.73 Å². The minimum Gasteiger partial charge on any atom is -0.391 e. The Hall–Kier alpha value is -1.81. The molecule has 17 heavy (non-hydrogen) atoms. The van der Waals surface area contributed by atoms with E-state index in [0.717, 1.165) is 21.2 Å². The zero-order valence-corrected chi connectivity index (χ0v) is 10.6. The van der Waals surface area contributed by atoms with Crippen molar-refractivity contribution in [2.24, 2.45) is 7.05 Å². The third-order valence-corrected chi connectivity index (χ3v) is 3.85. The Labute approximate surface area is 104 Å². The van der Waals surface area contributed by atoms with E-state index in [1.165, 1.54) is 11.1 Å². The highest BCUT2D eigenvalue weighted by Gasteiger charge is 2.12. The van der Waals surface area contributed by atoms with Crippen molar-refractivity contribution in [1.29, 1.82) is 0 Å². The minimum absolute atomic E-state index is 0.823. The fourth-order valence-corrected chi connectivity index (χ4v) is 2.96. The number of nitrogens with zero attached hydrogens (tertiary/aromatic N) is 2. The first-order valence-corrected chi connectivity index (χ1v) is 6.26. The largest absolute Gasteiger partial charge is 0.391 e. The molecule has 3 aromatic rings. The summed E-state index contributed by atoms with van der Waals surface area (Å²) in [5, 5.41) is 0.823. The Morgan fingerprint density at radius 3 is 2.71 bits per heavy atom. The second kappa shape index (κ2) is 3.60. The van der Waals surface area contributed by atoms with Gasteiger partial charge in [-0.2, -0.15) is 0 Å². The molecular weight excluding hydrogens is 230 g/mol. The van der Waals surface area contributed by atoms with Gasteiger partial charge in [0.2, 0.25) is 0 Å². The molecule has 1 aromatic carbocycles. The third kappa shape index (κ3) is 1.52. The maximum Gasteiger partial charge on any atom is 0.151 e. The molecule has 2 N–H and O–H groups in total. The van der Waals surface area contributed by atoms with Gasteiger partial charge >= 0.3 is 0 Å². The van der Waals surface area contributed by atoms with Crippen molar-refractivity contribution < 1.29 is 0 Å². The second-order valence-electron chi connectivity index (χ2n) is 4.14. The number of para-hydroxylation sites is 1. The van der Waals surface area contributed by atoms with Crippen molar-refractivity contribution >= 4 is 27.4 Å². The second-order valence-corrected chi connectivity index (χ2v) is 5.25. The van der Waals surface area contributed by atoms with Crippen LogP contribution in [0.3, 0.4) is 0 Å². The smallest absolute Gasteiger partial charge is 0.151 e. The van der Waals surface area contributed by atoms with E-state index in [1.807, 2.05) is 31.3 Å². The topological polar surface area (TPSA) is 43.8 Å². The molecule has 0 unspecified atom stereocenters. The first-order valence-electron chi connectivity index (χ1n) is 5.44.